The highest BCUT2D eigenvalue weighted by Crippen LogP contribution is 2.10. The highest BCUT2D eigenvalue weighted by atomic mass is 16.5. The highest BCUT2D eigenvalue weighted by molar-refractivity contribution is 5.72. The average Bonchev–Trinajstić information content (AvgIpc) is 2.40. The van der Waals surface area contributed by atoms with Gasteiger partial charge in [0.2, 0.25) is 0 Å². The van der Waals surface area contributed by atoms with Crippen molar-refractivity contribution in [3.05, 3.63) is 24.0 Å². The third kappa shape index (κ3) is 9.31. The molecule has 0 amide bonds. The summed E-state index contributed by atoms with van der Waals surface area (Å²) in [7, 11) is 1.91. The van der Waals surface area contributed by atoms with Crippen molar-refractivity contribution in [1.29, 1.82) is 5.41 Å². The molecule has 0 unspecified atom stereocenters. The lowest BCUT2D eigenvalue weighted by Gasteiger charge is -2.12. The van der Waals surface area contributed by atoms with Crippen LogP contribution in [0, 0.1) is 5.41 Å². The molecule has 4 nitrogen and oxygen atoms in total. The monoisotopic (exact) mass is 268 g/mol. The van der Waals surface area contributed by atoms with Crippen molar-refractivity contribution in [3.8, 4) is 0 Å². The van der Waals surface area contributed by atoms with Gasteiger partial charge < -0.3 is 14.8 Å². The van der Waals surface area contributed by atoms with Gasteiger partial charge in [0, 0.05) is 18.5 Å². The topological polar surface area (TPSA) is 54.3 Å². The van der Waals surface area contributed by atoms with Gasteiger partial charge in [-0.05, 0) is 40.2 Å². The van der Waals surface area contributed by atoms with Crippen molar-refractivity contribution < 1.29 is 9.47 Å². The second-order valence-electron chi connectivity index (χ2n) is 4.28. The Balaban J connectivity index is 3.59. The van der Waals surface area contributed by atoms with Gasteiger partial charge in [-0.25, -0.2) is 0 Å². The Labute approximate surface area is 117 Å². The zero-order chi connectivity index (χ0) is 14.5. The van der Waals surface area contributed by atoms with E-state index in [2.05, 4.69) is 11.9 Å². The van der Waals surface area contributed by atoms with Crippen molar-refractivity contribution in [1.82, 2.24) is 5.32 Å². The van der Waals surface area contributed by atoms with Crippen LogP contribution in [0.2, 0.25) is 0 Å². The maximum atomic E-state index is 7.48. The van der Waals surface area contributed by atoms with E-state index in [1.807, 2.05) is 27.0 Å². The first kappa shape index (κ1) is 17.7. The van der Waals surface area contributed by atoms with Crippen LogP contribution in [0.4, 0.5) is 0 Å². The van der Waals surface area contributed by atoms with Crippen LogP contribution in [-0.4, -0.2) is 32.7 Å². The molecule has 0 aliphatic rings. The van der Waals surface area contributed by atoms with Crippen LogP contribution >= 0.6 is 0 Å². The minimum absolute atomic E-state index is 0.387. The molecule has 0 saturated heterocycles. The molecule has 110 valence electrons. The molecule has 0 radical (unpaired) electrons. The summed E-state index contributed by atoms with van der Waals surface area (Å²) in [5.74, 6) is 1.14. The standard InChI is InChI=1S/C15H28N2O2/c1-5-14(12-17-4)13(3)19-11-9-7-8-10-15(16)18-6-2/h5,16-17H,3,6-12H2,1-2,4H3. The van der Waals surface area contributed by atoms with Gasteiger partial charge in [-0.2, -0.15) is 0 Å². The van der Waals surface area contributed by atoms with E-state index >= 15 is 0 Å². The fraction of sp³-hybridized carbons (Fsp3) is 0.667. The number of ether oxygens (including phenoxy) is 2. The van der Waals surface area contributed by atoms with Crippen LogP contribution in [0.15, 0.2) is 24.0 Å². The van der Waals surface area contributed by atoms with Crippen LogP contribution in [-0.2, 0) is 9.47 Å². The molecule has 0 fully saturated rings. The van der Waals surface area contributed by atoms with E-state index in [1.54, 1.807) is 0 Å². The SMILES string of the molecule is C=C(OCCCCCC(=N)OCC)C(=CC)CNC. The van der Waals surface area contributed by atoms with Crippen LogP contribution in [0.1, 0.15) is 39.5 Å². The van der Waals surface area contributed by atoms with Gasteiger partial charge >= 0.3 is 0 Å². The van der Waals surface area contributed by atoms with Gasteiger partial charge in [-0.1, -0.05) is 12.7 Å². The fourth-order valence-electron chi connectivity index (χ4n) is 1.65. The van der Waals surface area contributed by atoms with E-state index in [1.165, 1.54) is 0 Å². The summed E-state index contributed by atoms with van der Waals surface area (Å²) in [4.78, 5) is 0. The second kappa shape index (κ2) is 11.8. The first-order valence-electron chi connectivity index (χ1n) is 6.97. The molecular formula is C15H28N2O2. The molecule has 0 saturated carbocycles. The van der Waals surface area contributed by atoms with Crippen LogP contribution in [0.25, 0.3) is 0 Å². The Morgan fingerprint density at radius 1 is 1.26 bits per heavy atom. The summed E-state index contributed by atoms with van der Waals surface area (Å²) in [5.41, 5.74) is 1.10. The van der Waals surface area contributed by atoms with Crippen molar-refractivity contribution in [3.63, 3.8) is 0 Å². The average molecular weight is 268 g/mol. The summed E-state index contributed by atoms with van der Waals surface area (Å²) in [6, 6.07) is 0. The third-order valence-electron chi connectivity index (χ3n) is 2.72. The molecule has 0 bridgehead atoms. The highest BCUT2D eigenvalue weighted by Gasteiger charge is 2.02. The minimum Gasteiger partial charge on any atom is -0.494 e. The summed E-state index contributed by atoms with van der Waals surface area (Å²) < 4.78 is 10.7. The van der Waals surface area contributed by atoms with Crippen LogP contribution < -0.4 is 5.32 Å². The molecule has 19 heavy (non-hydrogen) atoms. The van der Waals surface area contributed by atoms with Gasteiger partial charge in [0.25, 0.3) is 0 Å². The maximum absolute atomic E-state index is 7.48. The van der Waals surface area contributed by atoms with E-state index in [4.69, 9.17) is 14.9 Å². The number of rotatable bonds is 11. The number of hydrogen-bond donors (Lipinski definition) is 2. The number of hydrogen-bond acceptors (Lipinski definition) is 4. The summed E-state index contributed by atoms with van der Waals surface area (Å²) in [6.07, 6.45) is 5.73. The zero-order valence-corrected chi connectivity index (χ0v) is 12.6. The second-order valence-corrected chi connectivity index (χ2v) is 4.28. The van der Waals surface area contributed by atoms with Crippen molar-refractivity contribution in [2.75, 3.05) is 26.8 Å². The van der Waals surface area contributed by atoms with E-state index < -0.39 is 0 Å². The summed E-state index contributed by atoms with van der Waals surface area (Å²) >= 11 is 0. The van der Waals surface area contributed by atoms with Gasteiger partial charge in [0.05, 0.1) is 13.2 Å². The quantitative estimate of drug-likeness (QED) is 0.199. The van der Waals surface area contributed by atoms with Crippen molar-refractivity contribution >= 4 is 5.90 Å². The predicted octanol–water partition coefficient (Wildman–Crippen LogP) is 3.26. The number of likely N-dealkylation sites (N-methyl/N-ethyl adjacent to an activating group) is 1. The van der Waals surface area contributed by atoms with Crippen LogP contribution in [0.5, 0.6) is 0 Å². The lowest BCUT2D eigenvalue weighted by atomic mass is 10.2. The molecular weight excluding hydrogens is 240 g/mol. The summed E-state index contributed by atoms with van der Waals surface area (Å²) in [5, 5.41) is 10.6. The van der Waals surface area contributed by atoms with Crippen LogP contribution in [0.3, 0.4) is 0 Å². The van der Waals surface area contributed by atoms with Gasteiger partial charge in [0.1, 0.15) is 5.76 Å². The summed E-state index contributed by atoms with van der Waals surface area (Å²) in [6.45, 7) is 9.86. The molecule has 0 aromatic heterocycles. The van der Waals surface area contributed by atoms with Gasteiger partial charge in [-0.3, -0.25) is 5.41 Å². The van der Waals surface area contributed by atoms with Crippen molar-refractivity contribution in [2.45, 2.75) is 39.5 Å². The van der Waals surface area contributed by atoms with Gasteiger partial charge in [-0.15, -0.1) is 0 Å². The number of nitrogens with one attached hydrogen (secondary N) is 2. The number of unbranched alkanes of at least 4 members (excludes halogenated alkanes) is 2. The Hall–Kier alpha value is -1.29. The molecule has 0 aliphatic carbocycles. The fourth-order valence-corrected chi connectivity index (χ4v) is 1.65. The molecule has 4 heteroatoms. The van der Waals surface area contributed by atoms with E-state index in [9.17, 15) is 0 Å². The molecule has 0 atom stereocenters. The molecule has 0 aliphatic heterocycles. The molecule has 0 aromatic carbocycles. The Morgan fingerprint density at radius 3 is 2.58 bits per heavy atom. The molecule has 0 rings (SSSR count). The maximum Gasteiger partial charge on any atom is 0.180 e. The normalized spacial score (nSPS) is 11.2. The van der Waals surface area contributed by atoms with Crippen molar-refractivity contribution in [2.24, 2.45) is 0 Å². The first-order chi connectivity index (χ1) is 9.15. The third-order valence-corrected chi connectivity index (χ3v) is 2.72. The van der Waals surface area contributed by atoms with E-state index in [0.717, 1.165) is 37.1 Å². The van der Waals surface area contributed by atoms with E-state index in [0.29, 0.717) is 25.5 Å². The molecule has 0 spiro atoms. The minimum atomic E-state index is 0.387. The Morgan fingerprint density at radius 2 is 2.00 bits per heavy atom. The zero-order valence-electron chi connectivity index (χ0n) is 12.6. The van der Waals surface area contributed by atoms with Gasteiger partial charge in [0.15, 0.2) is 5.90 Å². The van der Waals surface area contributed by atoms with E-state index in [-0.39, 0.29) is 0 Å². The first-order valence-corrected chi connectivity index (χ1v) is 6.97. The molecule has 0 heterocycles. The Kier molecular flexibility index (Phi) is 11.0. The smallest absolute Gasteiger partial charge is 0.180 e. The lowest BCUT2D eigenvalue weighted by molar-refractivity contribution is 0.213. The predicted molar refractivity (Wildman–Crippen MR) is 80.6 cm³/mol. The number of allylic oxidation sites excluding steroid dienone is 1. The largest absolute Gasteiger partial charge is 0.494 e. The Bertz CT molecular complexity index is 299. The lowest BCUT2D eigenvalue weighted by Crippen LogP contribution is -2.13. The molecule has 0 aromatic rings. The molecule has 2 N–H and O–H groups in total.